The third-order valence-corrected chi connectivity index (χ3v) is 5.07. The van der Waals surface area contributed by atoms with Crippen molar-refractivity contribution in [1.82, 2.24) is 35.5 Å². The lowest BCUT2D eigenvalue weighted by molar-refractivity contribution is 0.379. The zero-order valence-electron chi connectivity index (χ0n) is 17.5. The van der Waals surface area contributed by atoms with Gasteiger partial charge < -0.3 is 15.2 Å². The Bertz CT molecular complexity index is 1020. The van der Waals surface area contributed by atoms with E-state index >= 15 is 0 Å². The molecule has 0 saturated heterocycles. The summed E-state index contributed by atoms with van der Waals surface area (Å²) in [6, 6.07) is 7.61. The van der Waals surface area contributed by atoms with Gasteiger partial charge in [0.15, 0.2) is 5.96 Å². The molecule has 1 aliphatic heterocycles. The van der Waals surface area contributed by atoms with E-state index in [1.165, 1.54) is 0 Å². The van der Waals surface area contributed by atoms with Crippen molar-refractivity contribution in [2.75, 3.05) is 13.1 Å². The Hall–Kier alpha value is -2.21. The maximum absolute atomic E-state index is 5.93. The molecule has 0 radical (unpaired) electrons. The van der Waals surface area contributed by atoms with Crippen LogP contribution in [0.4, 0.5) is 0 Å². The summed E-state index contributed by atoms with van der Waals surface area (Å²) in [7, 11) is 0. The molecule has 166 valence electrons. The van der Waals surface area contributed by atoms with E-state index in [0.29, 0.717) is 29.7 Å². The van der Waals surface area contributed by atoms with E-state index in [2.05, 4.69) is 35.8 Å². The molecule has 0 amide bonds. The molecule has 0 saturated carbocycles. The predicted octanol–water partition coefficient (Wildman–Crippen LogP) is 3.02. The average Bonchev–Trinajstić information content (AvgIpc) is 3.34. The maximum Gasteiger partial charge on any atom is 0.228 e. The lowest BCUT2D eigenvalue weighted by atomic mass is 10.1. The summed E-state index contributed by atoms with van der Waals surface area (Å²) < 4.78 is 7.34. The molecule has 0 spiro atoms. The number of rotatable bonds is 6. The molecule has 1 unspecified atom stereocenters. The van der Waals surface area contributed by atoms with Crippen LogP contribution in [0.2, 0.25) is 5.02 Å². The van der Waals surface area contributed by atoms with Crippen LogP contribution < -0.4 is 10.6 Å². The predicted molar refractivity (Wildman–Crippen MR) is 130 cm³/mol. The molecule has 11 heteroatoms. The second-order valence-electron chi connectivity index (χ2n) is 7.17. The van der Waals surface area contributed by atoms with Crippen LogP contribution in [0.15, 0.2) is 33.8 Å². The van der Waals surface area contributed by atoms with Crippen molar-refractivity contribution in [1.29, 1.82) is 0 Å². The highest BCUT2D eigenvalue weighted by Gasteiger charge is 2.21. The van der Waals surface area contributed by atoms with Crippen LogP contribution in [0.3, 0.4) is 0 Å². The Balaban J connectivity index is 0.00000272. The molecule has 1 aliphatic rings. The van der Waals surface area contributed by atoms with Crippen LogP contribution in [-0.2, 0) is 19.4 Å². The summed E-state index contributed by atoms with van der Waals surface area (Å²) in [5.41, 5.74) is 0.868. The van der Waals surface area contributed by atoms with Gasteiger partial charge in [-0.15, -0.1) is 24.0 Å². The largest absolute Gasteiger partial charge is 0.357 e. The molecule has 4 rings (SSSR count). The summed E-state index contributed by atoms with van der Waals surface area (Å²) in [4.78, 5) is 13.6. The van der Waals surface area contributed by atoms with Gasteiger partial charge in [0.25, 0.3) is 0 Å². The van der Waals surface area contributed by atoms with Crippen LogP contribution in [0.25, 0.3) is 11.4 Å². The van der Waals surface area contributed by atoms with E-state index in [1.807, 2.05) is 30.7 Å². The normalized spacial score (nSPS) is 15.8. The summed E-state index contributed by atoms with van der Waals surface area (Å²) in [5, 5.41) is 16.0. The topological polar surface area (TPSA) is 106 Å². The van der Waals surface area contributed by atoms with E-state index in [4.69, 9.17) is 16.1 Å². The number of aryl methyl sites for hydroxylation is 2. The molecular formula is C20H26ClIN8O. The second kappa shape index (κ2) is 10.9. The number of nitrogens with one attached hydrogen (secondary N) is 2. The summed E-state index contributed by atoms with van der Waals surface area (Å²) in [6.07, 6.45) is 2.47. The quantitative estimate of drug-likeness (QED) is 0.273. The van der Waals surface area contributed by atoms with E-state index in [9.17, 15) is 0 Å². The lowest BCUT2D eigenvalue weighted by Crippen LogP contribution is -2.47. The van der Waals surface area contributed by atoms with Gasteiger partial charge in [0.1, 0.15) is 11.6 Å². The van der Waals surface area contributed by atoms with Crippen molar-refractivity contribution in [2.45, 2.75) is 45.7 Å². The smallest absolute Gasteiger partial charge is 0.228 e. The van der Waals surface area contributed by atoms with Crippen molar-refractivity contribution in [3.63, 3.8) is 0 Å². The number of aliphatic imine (C=N–C) groups is 1. The van der Waals surface area contributed by atoms with E-state index in [-0.39, 0.29) is 30.0 Å². The van der Waals surface area contributed by atoms with Gasteiger partial charge in [0, 0.05) is 36.0 Å². The number of guanidine groups is 1. The Morgan fingerprint density at radius 3 is 2.87 bits per heavy atom. The molecule has 1 atom stereocenters. The molecule has 2 aromatic heterocycles. The van der Waals surface area contributed by atoms with Crippen molar-refractivity contribution in [3.05, 3.63) is 46.8 Å². The van der Waals surface area contributed by atoms with Crippen molar-refractivity contribution < 1.29 is 4.52 Å². The number of benzene rings is 1. The first-order valence-electron chi connectivity index (χ1n) is 10.1. The van der Waals surface area contributed by atoms with E-state index < -0.39 is 0 Å². The number of aromatic nitrogens is 5. The molecule has 0 bridgehead atoms. The van der Waals surface area contributed by atoms with Crippen LogP contribution in [0, 0.1) is 6.92 Å². The number of halogens is 2. The number of fused-ring (bicyclic) bond motifs is 1. The average molecular weight is 557 g/mol. The fraction of sp³-hybridized carbons (Fsp3) is 0.450. The zero-order valence-corrected chi connectivity index (χ0v) is 20.6. The molecule has 1 aromatic carbocycles. The minimum atomic E-state index is 0. The van der Waals surface area contributed by atoms with E-state index in [0.717, 1.165) is 49.1 Å². The van der Waals surface area contributed by atoms with Crippen LogP contribution >= 0.6 is 35.6 Å². The van der Waals surface area contributed by atoms with E-state index in [1.54, 1.807) is 12.1 Å². The standard InChI is InChI=1S/C20H25ClN8O.HI/c1-3-22-20(25-16-8-9-17-24-13(2)27-29(17)12-16)23-11-10-18-26-19(28-30-18)14-4-6-15(21)7-5-14;/h4-7,16H,3,8-12H2,1-2H3,(H2,22,23,25);1H. The Morgan fingerprint density at radius 1 is 1.29 bits per heavy atom. The van der Waals surface area contributed by atoms with Crippen LogP contribution in [0.5, 0.6) is 0 Å². The van der Waals surface area contributed by atoms with Crippen LogP contribution in [0.1, 0.15) is 30.9 Å². The van der Waals surface area contributed by atoms with Gasteiger partial charge >= 0.3 is 0 Å². The van der Waals surface area contributed by atoms with Gasteiger partial charge in [0.2, 0.25) is 11.7 Å². The first kappa shape index (κ1) is 23.5. The van der Waals surface area contributed by atoms with Crippen molar-refractivity contribution >= 4 is 41.5 Å². The molecule has 0 fully saturated rings. The molecular weight excluding hydrogens is 531 g/mol. The first-order valence-corrected chi connectivity index (χ1v) is 10.5. The second-order valence-corrected chi connectivity index (χ2v) is 7.60. The first-order chi connectivity index (χ1) is 14.6. The highest BCUT2D eigenvalue weighted by molar-refractivity contribution is 14.0. The molecule has 31 heavy (non-hydrogen) atoms. The Labute approximate surface area is 203 Å². The SMILES string of the molecule is CCNC(=NCCc1nc(-c2ccc(Cl)cc2)no1)NC1CCc2nc(C)nn2C1.I. The Morgan fingerprint density at radius 2 is 2.10 bits per heavy atom. The zero-order chi connectivity index (χ0) is 20.9. The molecule has 3 heterocycles. The van der Waals surface area contributed by atoms with Crippen molar-refractivity contribution in [3.8, 4) is 11.4 Å². The molecule has 2 N–H and O–H groups in total. The summed E-state index contributed by atoms with van der Waals surface area (Å²) in [6.45, 7) is 6.09. The third kappa shape index (κ3) is 6.16. The monoisotopic (exact) mass is 556 g/mol. The van der Waals surface area contributed by atoms with Crippen molar-refractivity contribution in [2.24, 2.45) is 4.99 Å². The van der Waals surface area contributed by atoms with Gasteiger partial charge in [-0.2, -0.15) is 10.1 Å². The number of hydrogen-bond acceptors (Lipinski definition) is 6. The minimum Gasteiger partial charge on any atom is -0.357 e. The highest BCUT2D eigenvalue weighted by atomic mass is 127. The fourth-order valence-corrected chi connectivity index (χ4v) is 3.53. The molecule has 3 aromatic rings. The van der Waals surface area contributed by atoms with Gasteiger partial charge in [-0.1, -0.05) is 16.8 Å². The van der Waals surface area contributed by atoms with Gasteiger partial charge in [0.05, 0.1) is 13.1 Å². The van der Waals surface area contributed by atoms with Gasteiger partial charge in [-0.05, 0) is 44.5 Å². The lowest BCUT2D eigenvalue weighted by Gasteiger charge is -2.25. The fourth-order valence-electron chi connectivity index (χ4n) is 3.40. The van der Waals surface area contributed by atoms with Crippen LogP contribution in [-0.4, -0.2) is 50.0 Å². The Kier molecular flexibility index (Phi) is 8.24. The summed E-state index contributed by atoms with van der Waals surface area (Å²) in [5.74, 6) is 3.76. The molecule has 9 nitrogen and oxygen atoms in total. The highest BCUT2D eigenvalue weighted by Crippen LogP contribution is 2.18. The number of nitrogens with zero attached hydrogens (tertiary/aromatic N) is 6. The maximum atomic E-state index is 5.93. The number of hydrogen-bond donors (Lipinski definition) is 2. The molecule has 0 aliphatic carbocycles. The minimum absolute atomic E-state index is 0. The third-order valence-electron chi connectivity index (χ3n) is 4.82. The summed E-state index contributed by atoms with van der Waals surface area (Å²) >= 11 is 5.93. The van der Waals surface area contributed by atoms with Gasteiger partial charge in [-0.3, -0.25) is 4.99 Å². The van der Waals surface area contributed by atoms with Gasteiger partial charge in [-0.25, -0.2) is 9.67 Å².